The van der Waals surface area contributed by atoms with E-state index >= 15 is 0 Å². The summed E-state index contributed by atoms with van der Waals surface area (Å²) in [4.78, 5) is 10.8. The number of hydrogen-bond acceptors (Lipinski definition) is 3. The Morgan fingerprint density at radius 3 is 2.81 bits per heavy atom. The maximum absolute atomic E-state index is 10.8. The molecule has 4 nitrogen and oxygen atoms in total. The van der Waals surface area contributed by atoms with Crippen molar-refractivity contribution in [2.24, 2.45) is 5.16 Å². The number of carbonyl (C=O) groups excluding carboxylic acids is 1. The number of carbonyl (C=O) groups is 1. The lowest BCUT2D eigenvalue weighted by Gasteiger charge is -2.06. The third-order valence-corrected chi connectivity index (χ3v) is 2.94. The van der Waals surface area contributed by atoms with Gasteiger partial charge in [-0.05, 0) is 11.6 Å². The molecule has 0 atom stereocenters. The first-order valence-electron chi connectivity index (χ1n) is 4.45. The highest BCUT2D eigenvalue weighted by Crippen LogP contribution is 2.19. The standard InChI is InChI=1S/C10H10BrClN2O2/c1-6(15)13-5-8-3-2-7(4-9(8)11)10(12)14-16/h2-4,16H,5H2,1H3,(H,13,15). The zero-order chi connectivity index (χ0) is 12.1. The average Bonchev–Trinajstić information content (AvgIpc) is 2.26. The van der Waals surface area contributed by atoms with Crippen LogP contribution >= 0.6 is 27.5 Å². The maximum atomic E-state index is 10.8. The topological polar surface area (TPSA) is 61.7 Å². The summed E-state index contributed by atoms with van der Waals surface area (Å²) in [6.45, 7) is 1.89. The van der Waals surface area contributed by atoms with Crippen molar-refractivity contribution in [2.45, 2.75) is 13.5 Å². The highest BCUT2D eigenvalue weighted by Gasteiger charge is 2.05. The first-order valence-corrected chi connectivity index (χ1v) is 5.62. The van der Waals surface area contributed by atoms with E-state index < -0.39 is 0 Å². The first-order chi connectivity index (χ1) is 7.54. The predicted molar refractivity (Wildman–Crippen MR) is 65.8 cm³/mol. The zero-order valence-corrected chi connectivity index (χ0v) is 10.8. The molecule has 0 saturated heterocycles. The zero-order valence-electron chi connectivity index (χ0n) is 8.50. The smallest absolute Gasteiger partial charge is 0.217 e. The van der Waals surface area contributed by atoms with Crippen LogP contribution in [0, 0.1) is 0 Å². The van der Waals surface area contributed by atoms with Crippen LogP contribution < -0.4 is 5.32 Å². The van der Waals surface area contributed by atoms with Crippen LogP contribution in [0.1, 0.15) is 18.1 Å². The summed E-state index contributed by atoms with van der Waals surface area (Å²) in [5.41, 5.74) is 1.52. The Kier molecular flexibility index (Phi) is 4.76. The van der Waals surface area contributed by atoms with Crippen LogP contribution in [0.15, 0.2) is 27.8 Å². The van der Waals surface area contributed by atoms with Crippen LogP contribution in [0.5, 0.6) is 0 Å². The molecule has 0 spiro atoms. The Hall–Kier alpha value is -1.07. The molecule has 16 heavy (non-hydrogen) atoms. The second-order valence-corrected chi connectivity index (χ2v) is 4.32. The number of rotatable bonds is 3. The highest BCUT2D eigenvalue weighted by atomic mass is 79.9. The molecule has 0 fully saturated rings. The molecule has 1 rings (SSSR count). The summed E-state index contributed by atoms with van der Waals surface area (Å²) < 4.78 is 0.792. The van der Waals surface area contributed by atoms with Crippen molar-refractivity contribution >= 4 is 38.6 Å². The third-order valence-electron chi connectivity index (χ3n) is 1.91. The molecule has 0 aromatic heterocycles. The fourth-order valence-corrected chi connectivity index (χ4v) is 1.73. The van der Waals surface area contributed by atoms with Gasteiger partial charge in [0, 0.05) is 23.5 Å². The molecule has 0 saturated carbocycles. The number of amides is 1. The van der Waals surface area contributed by atoms with E-state index in [0.717, 1.165) is 10.0 Å². The van der Waals surface area contributed by atoms with Gasteiger partial charge in [-0.1, -0.05) is 44.8 Å². The van der Waals surface area contributed by atoms with Gasteiger partial charge in [-0.2, -0.15) is 0 Å². The predicted octanol–water partition coefficient (Wildman–Crippen LogP) is 2.46. The summed E-state index contributed by atoms with van der Waals surface area (Å²) in [5.74, 6) is -0.0917. The largest absolute Gasteiger partial charge is 0.410 e. The van der Waals surface area contributed by atoms with Crippen LogP contribution in [0.25, 0.3) is 0 Å². The van der Waals surface area contributed by atoms with Gasteiger partial charge in [0.25, 0.3) is 0 Å². The van der Waals surface area contributed by atoms with Crippen molar-refractivity contribution in [2.75, 3.05) is 0 Å². The monoisotopic (exact) mass is 304 g/mol. The van der Waals surface area contributed by atoms with E-state index in [0.29, 0.717) is 12.1 Å². The number of halogens is 2. The minimum atomic E-state index is -0.0917. The Morgan fingerprint density at radius 2 is 2.31 bits per heavy atom. The Labute approximate surface area is 106 Å². The second-order valence-electron chi connectivity index (χ2n) is 3.11. The van der Waals surface area contributed by atoms with Crippen LogP contribution in [0.4, 0.5) is 0 Å². The molecular formula is C10H10BrClN2O2. The Balaban J connectivity index is 2.87. The van der Waals surface area contributed by atoms with Gasteiger partial charge in [0.2, 0.25) is 5.91 Å². The number of nitrogens with one attached hydrogen (secondary N) is 1. The Bertz CT molecular complexity index is 435. The van der Waals surface area contributed by atoms with Crippen LogP contribution in [0.3, 0.4) is 0 Å². The van der Waals surface area contributed by atoms with E-state index in [-0.39, 0.29) is 11.1 Å². The SMILES string of the molecule is CC(=O)NCc1ccc(C(Cl)=NO)cc1Br. The number of benzene rings is 1. The molecule has 6 heteroatoms. The van der Waals surface area contributed by atoms with Gasteiger partial charge in [0.1, 0.15) is 0 Å². The number of hydrogen-bond donors (Lipinski definition) is 2. The molecule has 86 valence electrons. The first kappa shape index (κ1) is 13.0. The molecule has 1 aromatic carbocycles. The molecule has 0 unspecified atom stereocenters. The van der Waals surface area contributed by atoms with E-state index in [1.165, 1.54) is 6.92 Å². The number of nitrogens with zero attached hydrogens (tertiary/aromatic N) is 1. The number of oxime groups is 1. The summed E-state index contributed by atoms with van der Waals surface area (Å²) in [6.07, 6.45) is 0. The van der Waals surface area contributed by atoms with E-state index in [9.17, 15) is 4.79 Å². The van der Waals surface area contributed by atoms with E-state index in [1.54, 1.807) is 18.2 Å². The molecular weight excluding hydrogens is 295 g/mol. The minimum Gasteiger partial charge on any atom is -0.410 e. The lowest BCUT2D eigenvalue weighted by molar-refractivity contribution is -0.119. The molecule has 0 bridgehead atoms. The van der Waals surface area contributed by atoms with Crippen molar-refractivity contribution in [1.29, 1.82) is 0 Å². The van der Waals surface area contributed by atoms with Crippen LogP contribution in [-0.2, 0) is 11.3 Å². The maximum Gasteiger partial charge on any atom is 0.217 e. The Morgan fingerprint density at radius 1 is 1.62 bits per heavy atom. The van der Waals surface area contributed by atoms with Crippen molar-refractivity contribution in [3.63, 3.8) is 0 Å². The van der Waals surface area contributed by atoms with Crippen molar-refractivity contribution in [3.8, 4) is 0 Å². The molecule has 2 N–H and O–H groups in total. The molecule has 0 aliphatic heterocycles. The summed E-state index contributed by atoms with van der Waals surface area (Å²) in [5, 5.41) is 14.1. The van der Waals surface area contributed by atoms with Gasteiger partial charge in [-0.25, -0.2) is 0 Å². The van der Waals surface area contributed by atoms with E-state index in [4.69, 9.17) is 16.8 Å². The fraction of sp³-hybridized carbons (Fsp3) is 0.200. The molecule has 0 radical (unpaired) electrons. The highest BCUT2D eigenvalue weighted by molar-refractivity contribution is 9.10. The van der Waals surface area contributed by atoms with E-state index in [1.807, 2.05) is 0 Å². The molecule has 1 amide bonds. The van der Waals surface area contributed by atoms with Gasteiger partial charge >= 0.3 is 0 Å². The van der Waals surface area contributed by atoms with E-state index in [2.05, 4.69) is 26.4 Å². The van der Waals surface area contributed by atoms with Crippen molar-refractivity contribution < 1.29 is 10.0 Å². The lowest BCUT2D eigenvalue weighted by Crippen LogP contribution is -2.19. The second kappa shape index (κ2) is 5.86. The summed E-state index contributed by atoms with van der Waals surface area (Å²) in [6, 6.07) is 5.23. The quantitative estimate of drug-likeness (QED) is 0.512. The summed E-state index contributed by atoms with van der Waals surface area (Å²) in [7, 11) is 0. The summed E-state index contributed by atoms with van der Waals surface area (Å²) >= 11 is 9.00. The van der Waals surface area contributed by atoms with Gasteiger partial charge < -0.3 is 10.5 Å². The normalized spacial score (nSPS) is 11.3. The average molecular weight is 306 g/mol. The van der Waals surface area contributed by atoms with Crippen molar-refractivity contribution in [3.05, 3.63) is 33.8 Å². The van der Waals surface area contributed by atoms with Crippen molar-refractivity contribution in [1.82, 2.24) is 5.32 Å². The fourth-order valence-electron chi connectivity index (χ4n) is 1.10. The third kappa shape index (κ3) is 3.50. The van der Waals surface area contributed by atoms with Crippen LogP contribution in [0.2, 0.25) is 0 Å². The molecule has 0 aliphatic carbocycles. The van der Waals surface area contributed by atoms with Gasteiger partial charge in [-0.3, -0.25) is 4.79 Å². The molecule has 0 heterocycles. The minimum absolute atomic E-state index is 0.0202. The lowest BCUT2D eigenvalue weighted by atomic mass is 10.1. The van der Waals surface area contributed by atoms with Gasteiger partial charge in [0.05, 0.1) is 0 Å². The van der Waals surface area contributed by atoms with Gasteiger partial charge in [-0.15, -0.1) is 0 Å². The van der Waals surface area contributed by atoms with Gasteiger partial charge in [0.15, 0.2) is 5.17 Å². The molecule has 1 aromatic rings. The molecule has 0 aliphatic rings. The van der Waals surface area contributed by atoms with Crippen LogP contribution in [-0.4, -0.2) is 16.3 Å².